The number of hydrogen-bond donors (Lipinski definition) is 1. The van der Waals surface area contributed by atoms with Crippen molar-refractivity contribution in [1.82, 2.24) is 20.2 Å². The van der Waals surface area contributed by atoms with Crippen molar-refractivity contribution < 1.29 is 9.90 Å². The first kappa shape index (κ1) is 10.5. The minimum Gasteiger partial charge on any atom is -0.479 e. The number of aromatic nitrogens is 4. The van der Waals surface area contributed by atoms with Crippen LogP contribution in [0.15, 0.2) is 0 Å². The molecule has 4 rings (SSSR count). The van der Waals surface area contributed by atoms with Crippen LogP contribution >= 0.6 is 0 Å². The molecule has 0 radical (unpaired) electrons. The van der Waals surface area contributed by atoms with Gasteiger partial charge in [-0.25, -0.2) is 9.48 Å². The maximum absolute atomic E-state index is 11.5. The lowest BCUT2D eigenvalue weighted by Gasteiger charge is -2.37. The molecule has 3 fully saturated rings. The Balaban J connectivity index is 1.70. The minimum absolute atomic E-state index is 0.422. The van der Waals surface area contributed by atoms with E-state index >= 15 is 0 Å². The van der Waals surface area contributed by atoms with Crippen molar-refractivity contribution in [3.8, 4) is 0 Å². The molecule has 2 atom stereocenters. The molecule has 3 aliphatic rings. The Morgan fingerprint density at radius 3 is 2.56 bits per heavy atom. The molecule has 6 nitrogen and oxygen atoms in total. The Kier molecular flexibility index (Phi) is 1.92. The summed E-state index contributed by atoms with van der Waals surface area (Å²) in [6.45, 7) is 0. The number of tetrazole rings is 1. The summed E-state index contributed by atoms with van der Waals surface area (Å²) in [5.74, 6) is 1.88. The zero-order valence-electron chi connectivity index (χ0n) is 10.1. The van der Waals surface area contributed by atoms with Crippen LogP contribution in [0.5, 0.6) is 0 Å². The van der Waals surface area contributed by atoms with E-state index in [1.807, 2.05) is 0 Å². The first-order chi connectivity index (χ1) is 8.74. The van der Waals surface area contributed by atoms with Crippen molar-refractivity contribution >= 4 is 5.97 Å². The highest BCUT2D eigenvalue weighted by Crippen LogP contribution is 2.63. The van der Waals surface area contributed by atoms with Crippen LogP contribution in [0.4, 0.5) is 0 Å². The average Bonchev–Trinajstić information content (AvgIpc) is 2.72. The van der Waals surface area contributed by atoms with E-state index in [4.69, 9.17) is 0 Å². The molecule has 0 aromatic carbocycles. The lowest BCUT2D eigenvalue weighted by Crippen LogP contribution is -2.49. The maximum atomic E-state index is 11.5. The summed E-state index contributed by atoms with van der Waals surface area (Å²) in [5, 5.41) is 21.3. The highest BCUT2D eigenvalue weighted by molar-refractivity contribution is 5.77. The van der Waals surface area contributed by atoms with Gasteiger partial charge in [-0.2, -0.15) is 0 Å². The summed E-state index contributed by atoms with van der Waals surface area (Å²) < 4.78 is 1.63. The lowest BCUT2D eigenvalue weighted by molar-refractivity contribution is -0.153. The summed E-state index contributed by atoms with van der Waals surface area (Å²) in [7, 11) is 0. The fraction of sp³-hybridized carbons (Fsp3) is 0.833. The molecule has 1 heterocycles. The van der Waals surface area contributed by atoms with Crippen LogP contribution in [0.3, 0.4) is 0 Å². The monoisotopic (exact) mass is 248 g/mol. The molecule has 6 heteroatoms. The molecule has 1 aromatic rings. The molecule has 2 unspecified atom stereocenters. The molecule has 96 valence electrons. The number of rotatable bonds is 3. The lowest BCUT2D eigenvalue weighted by atomic mass is 9.76. The summed E-state index contributed by atoms with van der Waals surface area (Å²) in [6, 6.07) is 0. The van der Waals surface area contributed by atoms with Gasteiger partial charge in [0.15, 0.2) is 11.4 Å². The first-order valence-corrected chi connectivity index (χ1v) is 6.76. The number of aliphatic carboxylic acids is 1. The van der Waals surface area contributed by atoms with Crippen molar-refractivity contribution in [2.75, 3.05) is 0 Å². The normalized spacial score (nSPS) is 35.9. The van der Waals surface area contributed by atoms with Gasteiger partial charge >= 0.3 is 5.97 Å². The maximum Gasteiger partial charge on any atom is 0.331 e. The number of carboxylic acids is 1. The van der Waals surface area contributed by atoms with Crippen molar-refractivity contribution in [2.45, 2.75) is 50.0 Å². The molecule has 18 heavy (non-hydrogen) atoms. The highest BCUT2D eigenvalue weighted by atomic mass is 16.4. The summed E-state index contributed by atoms with van der Waals surface area (Å²) in [6.07, 6.45) is 6.07. The van der Waals surface area contributed by atoms with Gasteiger partial charge in [-0.3, -0.25) is 0 Å². The van der Waals surface area contributed by atoms with Crippen molar-refractivity contribution in [3.63, 3.8) is 0 Å². The highest BCUT2D eigenvalue weighted by Gasteiger charge is 2.58. The molecule has 0 bridgehead atoms. The van der Waals surface area contributed by atoms with Gasteiger partial charge in [0, 0.05) is 5.92 Å². The standard InChI is InChI=1S/C12H16N4O2/c17-11(18)12(5-2-6-12)16-10(13-14-15-16)9-7-3-1-4-8(7)9/h7-9H,1-6H2,(H,17,18). The van der Waals surface area contributed by atoms with Gasteiger partial charge < -0.3 is 5.11 Å². The van der Waals surface area contributed by atoms with Crippen LogP contribution in [-0.2, 0) is 10.3 Å². The predicted molar refractivity (Wildman–Crippen MR) is 60.8 cm³/mol. The number of carboxylic acid groups (broad SMARTS) is 1. The fourth-order valence-electron chi connectivity index (χ4n) is 3.94. The van der Waals surface area contributed by atoms with E-state index in [1.54, 1.807) is 4.68 Å². The topological polar surface area (TPSA) is 80.9 Å². The fourth-order valence-corrected chi connectivity index (χ4v) is 3.94. The van der Waals surface area contributed by atoms with E-state index in [-0.39, 0.29) is 0 Å². The van der Waals surface area contributed by atoms with Crippen LogP contribution in [0.1, 0.15) is 50.3 Å². The molecular formula is C12H16N4O2. The molecule has 0 spiro atoms. The SMILES string of the molecule is O=C(O)C1(n2nnnc2C2C3CCCC32)CCC1. The molecule has 0 amide bonds. The molecule has 0 saturated heterocycles. The van der Waals surface area contributed by atoms with Gasteiger partial charge in [0.2, 0.25) is 0 Å². The van der Waals surface area contributed by atoms with E-state index in [1.165, 1.54) is 19.3 Å². The quantitative estimate of drug-likeness (QED) is 0.867. The van der Waals surface area contributed by atoms with Crippen LogP contribution in [0.25, 0.3) is 0 Å². The van der Waals surface area contributed by atoms with Gasteiger partial charge in [0.25, 0.3) is 0 Å². The summed E-state index contributed by atoms with van der Waals surface area (Å²) >= 11 is 0. The number of carbonyl (C=O) groups is 1. The Morgan fingerprint density at radius 2 is 2.00 bits per heavy atom. The predicted octanol–water partition coefficient (Wildman–Crippen LogP) is 1.15. The van der Waals surface area contributed by atoms with E-state index in [2.05, 4.69) is 15.5 Å². The van der Waals surface area contributed by atoms with Gasteiger partial charge in [-0.1, -0.05) is 6.42 Å². The second-order valence-electron chi connectivity index (χ2n) is 5.92. The second-order valence-corrected chi connectivity index (χ2v) is 5.92. The van der Waals surface area contributed by atoms with Gasteiger partial charge in [0.1, 0.15) is 0 Å². The molecule has 1 aromatic heterocycles. The second kappa shape index (κ2) is 3.30. The minimum atomic E-state index is -0.851. The van der Waals surface area contributed by atoms with Gasteiger partial charge in [0.05, 0.1) is 0 Å². The van der Waals surface area contributed by atoms with E-state index in [0.29, 0.717) is 30.6 Å². The zero-order valence-corrected chi connectivity index (χ0v) is 10.1. The summed E-state index contributed by atoms with van der Waals surface area (Å²) in [4.78, 5) is 11.5. The Labute approximate surface area is 104 Å². The number of nitrogens with zero attached hydrogens (tertiary/aromatic N) is 4. The molecular weight excluding hydrogens is 232 g/mol. The van der Waals surface area contributed by atoms with Crippen LogP contribution in [0, 0.1) is 11.8 Å². The van der Waals surface area contributed by atoms with Crippen molar-refractivity contribution in [2.24, 2.45) is 11.8 Å². The van der Waals surface area contributed by atoms with Gasteiger partial charge in [-0.15, -0.1) is 5.10 Å². The van der Waals surface area contributed by atoms with Gasteiger partial charge in [-0.05, 0) is 54.4 Å². The van der Waals surface area contributed by atoms with E-state index < -0.39 is 11.5 Å². The molecule has 3 saturated carbocycles. The third-order valence-corrected chi connectivity index (χ3v) is 5.18. The zero-order chi connectivity index (χ0) is 12.3. The molecule has 1 N–H and O–H groups in total. The number of fused-ring (bicyclic) bond motifs is 1. The van der Waals surface area contributed by atoms with Crippen LogP contribution in [-0.4, -0.2) is 31.3 Å². The Hall–Kier alpha value is -1.46. The average molecular weight is 248 g/mol. The first-order valence-electron chi connectivity index (χ1n) is 6.76. The van der Waals surface area contributed by atoms with E-state index in [9.17, 15) is 9.90 Å². The Bertz CT molecular complexity index is 498. The van der Waals surface area contributed by atoms with Crippen LogP contribution < -0.4 is 0 Å². The van der Waals surface area contributed by atoms with Crippen LogP contribution in [0.2, 0.25) is 0 Å². The third-order valence-electron chi connectivity index (χ3n) is 5.18. The molecule has 3 aliphatic carbocycles. The smallest absolute Gasteiger partial charge is 0.331 e. The number of hydrogen-bond acceptors (Lipinski definition) is 4. The Morgan fingerprint density at radius 1 is 1.28 bits per heavy atom. The third kappa shape index (κ3) is 1.13. The van der Waals surface area contributed by atoms with Crippen molar-refractivity contribution in [1.29, 1.82) is 0 Å². The van der Waals surface area contributed by atoms with Crippen molar-refractivity contribution in [3.05, 3.63) is 5.82 Å². The summed E-state index contributed by atoms with van der Waals surface area (Å²) in [5.41, 5.74) is -0.851. The largest absolute Gasteiger partial charge is 0.479 e. The molecule has 0 aliphatic heterocycles. The van der Waals surface area contributed by atoms with E-state index in [0.717, 1.165) is 12.2 Å².